The molecule has 0 saturated heterocycles. The number of methoxy groups -OCH3 is 2. The van der Waals surface area contributed by atoms with Crippen LogP contribution < -0.4 is 4.74 Å². The third-order valence-electron chi connectivity index (χ3n) is 5.72. The van der Waals surface area contributed by atoms with E-state index in [9.17, 15) is 0 Å². The fraction of sp³-hybridized carbons (Fsp3) is 0.167. The molecule has 5 aromatic rings. The van der Waals surface area contributed by atoms with Gasteiger partial charge in [-0.05, 0) is 36.3 Å². The number of hydrogen-bond acceptors (Lipinski definition) is 6. The van der Waals surface area contributed by atoms with Crippen molar-refractivity contribution in [3.05, 3.63) is 77.9 Å². The SMILES string of the molecule is COCc1nnc2n1Cc1c(C#Cc3cnn4ccccc34)ncn1-c1ccc(OC)cc1-2. The van der Waals surface area contributed by atoms with Gasteiger partial charge in [0.15, 0.2) is 11.6 Å². The van der Waals surface area contributed by atoms with Crippen LogP contribution in [-0.4, -0.2) is 48.1 Å². The Labute approximate surface area is 189 Å². The summed E-state index contributed by atoms with van der Waals surface area (Å²) in [6.45, 7) is 0.862. The highest BCUT2D eigenvalue weighted by Crippen LogP contribution is 2.34. The number of benzene rings is 1. The van der Waals surface area contributed by atoms with Gasteiger partial charge in [-0.2, -0.15) is 5.10 Å². The maximum atomic E-state index is 5.46. The Bertz CT molecular complexity index is 1560. The second-order valence-electron chi connectivity index (χ2n) is 7.59. The third kappa shape index (κ3) is 3.08. The number of imidazole rings is 1. The van der Waals surface area contributed by atoms with Gasteiger partial charge in [0, 0.05) is 18.9 Å². The molecule has 0 bridgehead atoms. The zero-order chi connectivity index (χ0) is 22.4. The lowest BCUT2D eigenvalue weighted by Gasteiger charge is -2.09. The molecule has 33 heavy (non-hydrogen) atoms. The summed E-state index contributed by atoms with van der Waals surface area (Å²) in [5, 5.41) is 13.2. The molecule has 9 heteroatoms. The summed E-state index contributed by atoms with van der Waals surface area (Å²) in [5.74, 6) is 8.73. The number of aromatic nitrogens is 7. The summed E-state index contributed by atoms with van der Waals surface area (Å²) >= 11 is 0. The van der Waals surface area contributed by atoms with Crippen molar-refractivity contribution in [1.29, 1.82) is 0 Å². The van der Waals surface area contributed by atoms with Crippen LogP contribution in [0.4, 0.5) is 0 Å². The van der Waals surface area contributed by atoms with Gasteiger partial charge in [0.1, 0.15) is 24.4 Å². The van der Waals surface area contributed by atoms with Crippen LogP contribution in [-0.2, 0) is 17.9 Å². The number of fused-ring (bicyclic) bond motifs is 6. The average Bonchev–Trinajstić information content (AvgIpc) is 3.54. The van der Waals surface area contributed by atoms with Crippen molar-refractivity contribution in [3.8, 4) is 34.7 Å². The number of hydrogen-bond donors (Lipinski definition) is 0. The summed E-state index contributed by atoms with van der Waals surface area (Å²) < 4.78 is 16.7. The largest absolute Gasteiger partial charge is 0.497 e. The lowest BCUT2D eigenvalue weighted by molar-refractivity contribution is 0.174. The van der Waals surface area contributed by atoms with Crippen LogP contribution in [0.25, 0.3) is 22.6 Å². The van der Waals surface area contributed by atoms with Gasteiger partial charge in [0.25, 0.3) is 0 Å². The van der Waals surface area contributed by atoms with E-state index in [1.54, 1.807) is 26.7 Å². The van der Waals surface area contributed by atoms with Gasteiger partial charge in [0.05, 0.1) is 42.3 Å². The summed E-state index contributed by atoms with van der Waals surface area (Å²) in [6, 6.07) is 11.8. The monoisotopic (exact) mass is 437 g/mol. The molecule has 0 unspecified atom stereocenters. The molecule has 0 aliphatic carbocycles. The topological polar surface area (TPSA) is 84.3 Å². The second-order valence-corrected chi connectivity index (χ2v) is 7.59. The number of rotatable bonds is 3. The zero-order valence-electron chi connectivity index (χ0n) is 18.1. The maximum Gasteiger partial charge on any atom is 0.166 e. The van der Waals surface area contributed by atoms with Crippen molar-refractivity contribution in [2.24, 2.45) is 0 Å². The molecular formula is C24H19N7O2. The Balaban J connectivity index is 1.52. The van der Waals surface area contributed by atoms with Crippen LogP contribution in [0.5, 0.6) is 5.75 Å². The molecule has 6 rings (SSSR count). The van der Waals surface area contributed by atoms with Gasteiger partial charge in [-0.1, -0.05) is 12.0 Å². The molecule has 1 aliphatic rings. The molecule has 0 spiro atoms. The first kappa shape index (κ1) is 19.3. The first-order valence-corrected chi connectivity index (χ1v) is 10.4. The predicted octanol–water partition coefficient (Wildman–Crippen LogP) is 2.70. The molecule has 4 aromatic heterocycles. The minimum absolute atomic E-state index is 0.351. The second kappa shape index (κ2) is 7.62. The van der Waals surface area contributed by atoms with Crippen molar-refractivity contribution in [1.82, 2.24) is 33.9 Å². The molecule has 1 aromatic carbocycles. The molecule has 9 nitrogen and oxygen atoms in total. The molecule has 0 saturated carbocycles. The highest BCUT2D eigenvalue weighted by atomic mass is 16.5. The summed E-state index contributed by atoms with van der Waals surface area (Å²) in [6.07, 6.45) is 5.48. The highest BCUT2D eigenvalue weighted by Gasteiger charge is 2.26. The van der Waals surface area contributed by atoms with E-state index in [2.05, 4.69) is 36.7 Å². The predicted molar refractivity (Wildman–Crippen MR) is 120 cm³/mol. The van der Waals surface area contributed by atoms with E-state index in [0.717, 1.165) is 45.4 Å². The van der Waals surface area contributed by atoms with Gasteiger partial charge < -0.3 is 14.0 Å². The van der Waals surface area contributed by atoms with Gasteiger partial charge >= 0.3 is 0 Å². The molecule has 0 N–H and O–H groups in total. The quantitative estimate of drug-likeness (QED) is 0.396. The molecule has 0 atom stereocenters. The third-order valence-corrected chi connectivity index (χ3v) is 5.72. The van der Waals surface area contributed by atoms with Gasteiger partial charge in [-0.25, -0.2) is 9.50 Å². The van der Waals surface area contributed by atoms with Crippen LogP contribution in [0.1, 0.15) is 22.8 Å². The zero-order valence-corrected chi connectivity index (χ0v) is 18.1. The van der Waals surface area contributed by atoms with Gasteiger partial charge in [-0.15, -0.1) is 10.2 Å². The van der Waals surface area contributed by atoms with Crippen molar-refractivity contribution in [2.45, 2.75) is 13.2 Å². The van der Waals surface area contributed by atoms with Crippen molar-refractivity contribution >= 4 is 5.52 Å². The van der Waals surface area contributed by atoms with Crippen molar-refractivity contribution < 1.29 is 9.47 Å². The highest BCUT2D eigenvalue weighted by molar-refractivity contribution is 5.72. The van der Waals surface area contributed by atoms with E-state index in [4.69, 9.17) is 9.47 Å². The first-order valence-electron chi connectivity index (χ1n) is 10.4. The van der Waals surface area contributed by atoms with E-state index >= 15 is 0 Å². The Kier molecular flexibility index (Phi) is 4.45. The standard InChI is InChI=1S/C24H19N7O2/c1-32-14-23-27-28-24-18-11-17(33-2)7-9-21(18)30-15-25-19(22(30)13-29(23)24)8-6-16-12-26-31-10-4-3-5-20(16)31/h3-5,7,9-12,15H,13-14H2,1-2H3. The molecular weight excluding hydrogens is 418 g/mol. The number of ether oxygens (including phenoxy) is 2. The lowest BCUT2D eigenvalue weighted by Crippen LogP contribution is -2.09. The van der Waals surface area contributed by atoms with Crippen LogP contribution in [0.2, 0.25) is 0 Å². The van der Waals surface area contributed by atoms with Gasteiger partial charge in [0.2, 0.25) is 0 Å². The number of nitrogens with zero attached hydrogens (tertiary/aromatic N) is 7. The summed E-state index contributed by atoms with van der Waals surface area (Å²) in [7, 11) is 3.29. The minimum Gasteiger partial charge on any atom is -0.497 e. The Morgan fingerprint density at radius 1 is 1.09 bits per heavy atom. The normalized spacial score (nSPS) is 11.8. The maximum absolute atomic E-state index is 5.46. The average molecular weight is 437 g/mol. The summed E-state index contributed by atoms with van der Waals surface area (Å²) in [4.78, 5) is 4.64. The Hall–Kier alpha value is -4.42. The van der Waals surface area contributed by atoms with E-state index in [0.29, 0.717) is 18.8 Å². The van der Waals surface area contributed by atoms with Gasteiger partial charge in [-0.3, -0.25) is 4.57 Å². The Morgan fingerprint density at radius 2 is 2.03 bits per heavy atom. The molecule has 0 radical (unpaired) electrons. The molecule has 162 valence electrons. The van der Waals surface area contributed by atoms with Crippen LogP contribution in [0.15, 0.2) is 55.1 Å². The summed E-state index contributed by atoms with van der Waals surface area (Å²) in [5.41, 5.74) is 5.29. The van der Waals surface area contributed by atoms with Crippen molar-refractivity contribution in [2.75, 3.05) is 14.2 Å². The molecule has 0 fully saturated rings. The molecule has 5 heterocycles. The molecule has 1 aliphatic heterocycles. The number of pyridine rings is 1. The fourth-order valence-corrected chi connectivity index (χ4v) is 4.11. The van der Waals surface area contributed by atoms with Crippen LogP contribution in [0, 0.1) is 11.8 Å². The van der Waals surface area contributed by atoms with Crippen LogP contribution in [0.3, 0.4) is 0 Å². The fourth-order valence-electron chi connectivity index (χ4n) is 4.11. The molecule has 0 amide bonds. The smallest absolute Gasteiger partial charge is 0.166 e. The minimum atomic E-state index is 0.351. The lowest BCUT2D eigenvalue weighted by atomic mass is 10.1. The first-order chi connectivity index (χ1) is 16.3. The van der Waals surface area contributed by atoms with E-state index in [1.807, 2.05) is 51.7 Å². The van der Waals surface area contributed by atoms with E-state index in [-0.39, 0.29) is 0 Å². The van der Waals surface area contributed by atoms with E-state index in [1.165, 1.54) is 0 Å². The van der Waals surface area contributed by atoms with Crippen LogP contribution >= 0.6 is 0 Å². The van der Waals surface area contributed by atoms with E-state index < -0.39 is 0 Å². The van der Waals surface area contributed by atoms with Crippen molar-refractivity contribution in [3.63, 3.8) is 0 Å². The Morgan fingerprint density at radius 3 is 2.91 bits per heavy atom.